The van der Waals surface area contributed by atoms with Gasteiger partial charge in [0.25, 0.3) is 0 Å². The summed E-state index contributed by atoms with van der Waals surface area (Å²) in [5.41, 5.74) is 7.28. The van der Waals surface area contributed by atoms with E-state index >= 15 is 0 Å². The zero-order valence-electron chi connectivity index (χ0n) is 9.75. The Kier molecular flexibility index (Phi) is 3.56. The zero-order valence-corrected chi connectivity index (χ0v) is 9.75. The average Bonchev–Trinajstić information content (AvgIpc) is 2.67. The lowest BCUT2D eigenvalue weighted by atomic mass is 10.1. The van der Waals surface area contributed by atoms with E-state index in [1.54, 1.807) is 0 Å². The van der Waals surface area contributed by atoms with Crippen LogP contribution in [0, 0.1) is 5.82 Å². The van der Waals surface area contributed by atoms with Crippen LogP contribution >= 0.6 is 0 Å². The van der Waals surface area contributed by atoms with Crippen LogP contribution in [0.4, 0.5) is 4.39 Å². The highest BCUT2D eigenvalue weighted by Crippen LogP contribution is 2.20. The smallest absolute Gasteiger partial charge is 0.127 e. The second kappa shape index (κ2) is 4.93. The lowest BCUT2D eigenvalue weighted by molar-refractivity contribution is 0.260. The molecule has 1 heterocycles. The van der Waals surface area contributed by atoms with E-state index in [0.717, 1.165) is 18.7 Å². The van der Waals surface area contributed by atoms with E-state index < -0.39 is 0 Å². The molecule has 1 aromatic rings. The van der Waals surface area contributed by atoms with Crippen LogP contribution in [0.3, 0.4) is 0 Å². The lowest BCUT2D eigenvalue weighted by Gasteiger charge is -2.21. The number of nitrogens with zero attached hydrogens (tertiary/aromatic N) is 1. The fourth-order valence-corrected chi connectivity index (χ4v) is 2.35. The van der Waals surface area contributed by atoms with Crippen molar-refractivity contribution >= 4 is 0 Å². The number of halogens is 1. The number of hydrogen-bond donors (Lipinski definition) is 1. The minimum atomic E-state index is -0.194. The molecule has 88 valence electrons. The van der Waals surface area contributed by atoms with Crippen LogP contribution in [0.1, 0.15) is 30.9 Å². The van der Waals surface area contributed by atoms with Gasteiger partial charge in [0.15, 0.2) is 0 Å². The van der Waals surface area contributed by atoms with Crippen molar-refractivity contribution in [3.8, 4) is 0 Å². The molecule has 0 bridgehead atoms. The Bertz CT molecular complexity index is 365. The Morgan fingerprint density at radius 2 is 2.31 bits per heavy atom. The van der Waals surface area contributed by atoms with Crippen molar-refractivity contribution in [1.29, 1.82) is 0 Å². The fourth-order valence-electron chi connectivity index (χ4n) is 2.35. The van der Waals surface area contributed by atoms with Crippen LogP contribution in [0.25, 0.3) is 0 Å². The first-order valence-corrected chi connectivity index (χ1v) is 5.92. The summed E-state index contributed by atoms with van der Waals surface area (Å²) in [5, 5.41) is 0. The maximum absolute atomic E-state index is 13.3. The Hall–Kier alpha value is -0.930. The molecule has 0 spiro atoms. The minimum Gasteiger partial charge on any atom is -0.326 e. The normalized spacial score (nSPS) is 21.6. The number of rotatable bonds is 3. The molecular weight excluding hydrogens is 203 g/mol. The standard InChI is InChI=1S/C13H19FN2/c1-10-3-2-6-16(10)9-11-4-5-13(14)12(7-11)8-15/h4-5,7,10H,2-3,6,8-9,15H2,1H3. The Labute approximate surface area is 96.2 Å². The molecule has 1 aliphatic rings. The first-order chi connectivity index (χ1) is 7.70. The summed E-state index contributed by atoms with van der Waals surface area (Å²) in [7, 11) is 0. The van der Waals surface area contributed by atoms with Crippen molar-refractivity contribution in [2.45, 2.75) is 38.9 Å². The minimum absolute atomic E-state index is 0.194. The van der Waals surface area contributed by atoms with E-state index in [4.69, 9.17) is 5.73 Å². The van der Waals surface area contributed by atoms with Crippen molar-refractivity contribution in [1.82, 2.24) is 4.90 Å². The molecule has 3 heteroatoms. The molecule has 0 saturated carbocycles. The van der Waals surface area contributed by atoms with E-state index in [-0.39, 0.29) is 12.4 Å². The van der Waals surface area contributed by atoms with E-state index in [2.05, 4.69) is 11.8 Å². The third-order valence-corrected chi connectivity index (χ3v) is 3.41. The van der Waals surface area contributed by atoms with Crippen molar-refractivity contribution in [2.75, 3.05) is 6.54 Å². The van der Waals surface area contributed by atoms with E-state index in [0.29, 0.717) is 11.6 Å². The van der Waals surface area contributed by atoms with Crippen LogP contribution in [0.5, 0.6) is 0 Å². The zero-order chi connectivity index (χ0) is 11.5. The predicted octanol–water partition coefficient (Wildman–Crippen LogP) is 2.27. The highest BCUT2D eigenvalue weighted by atomic mass is 19.1. The summed E-state index contributed by atoms with van der Waals surface area (Å²) in [6.07, 6.45) is 2.54. The predicted molar refractivity (Wildman–Crippen MR) is 63.4 cm³/mol. The fraction of sp³-hybridized carbons (Fsp3) is 0.538. The van der Waals surface area contributed by atoms with Gasteiger partial charge < -0.3 is 5.73 Å². The summed E-state index contributed by atoms with van der Waals surface area (Å²) in [5.74, 6) is -0.194. The highest BCUT2D eigenvalue weighted by Gasteiger charge is 2.20. The Morgan fingerprint density at radius 3 is 2.94 bits per heavy atom. The Balaban J connectivity index is 2.09. The molecule has 0 radical (unpaired) electrons. The van der Waals surface area contributed by atoms with E-state index in [1.807, 2.05) is 12.1 Å². The second-order valence-electron chi connectivity index (χ2n) is 4.59. The van der Waals surface area contributed by atoms with Crippen molar-refractivity contribution in [3.05, 3.63) is 35.1 Å². The molecule has 1 fully saturated rings. The molecule has 2 rings (SSSR count). The van der Waals surface area contributed by atoms with Crippen molar-refractivity contribution in [2.24, 2.45) is 5.73 Å². The Morgan fingerprint density at radius 1 is 1.50 bits per heavy atom. The van der Waals surface area contributed by atoms with Gasteiger partial charge in [0.05, 0.1) is 0 Å². The molecule has 1 saturated heterocycles. The van der Waals surface area contributed by atoms with Gasteiger partial charge in [-0.3, -0.25) is 4.90 Å². The van der Waals surface area contributed by atoms with E-state index in [1.165, 1.54) is 18.9 Å². The van der Waals surface area contributed by atoms with Crippen LogP contribution in [-0.4, -0.2) is 17.5 Å². The van der Waals surface area contributed by atoms with E-state index in [9.17, 15) is 4.39 Å². The van der Waals surface area contributed by atoms with Gasteiger partial charge in [-0.05, 0) is 37.9 Å². The largest absolute Gasteiger partial charge is 0.326 e. The van der Waals surface area contributed by atoms with Gasteiger partial charge >= 0.3 is 0 Å². The molecule has 0 aromatic heterocycles. The summed E-state index contributed by atoms with van der Waals surface area (Å²) in [6, 6.07) is 5.92. The molecule has 2 N–H and O–H groups in total. The molecule has 1 atom stereocenters. The quantitative estimate of drug-likeness (QED) is 0.850. The molecule has 16 heavy (non-hydrogen) atoms. The topological polar surface area (TPSA) is 29.3 Å². The van der Waals surface area contributed by atoms with Crippen molar-refractivity contribution in [3.63, 3.8) is 0 Å². The average molecular weight is 222 g/mol. The first-order valence-electron chi connectivity index (χ1n) is 5.92. The first kappa shape index (κ1) is 11.6. The molecule has 0 amide bonds. The number of hydrogen-bond acceptors (Lipinski definition) is 2. The van der Waals surface area contributed by atoms with Gasteiger partial charge in [-0.2, -0.15) is 0 Å². The summed E-state index contributed by atoms with van der Waals surface area (Å²) >= 11 is 0. The lowest BCUT2D eigenvalue weighted by Crippen LogP contribution is -2.26. The second-order valence-corrected chi connectivity index (χ2v) is 4.59. The summed E-state index contributed by atoms with van der Waals surface area (Å²) in [4.78, 5) is 2.44. The van der Waals surface area contributed by atoms with Gasteiger partial charge in [-0.15, -0.1) is 0 Å². The maximum atomic E-state index is 13.3. The molecule has 1 aliphatic heterocycles. The summed E-state index contributed by atoms with van der Waals surface area (Å²) < 4.78 is 13.3. The summed E-state index contributed by atoms with van der Waals surface area (Å²) in [6.45, 7) is 4.58. The van der Waals surface area contributed by atoms with Gasteiger partial charge in [0, 0.05) is 24.7 Å². The third kappa shape index (κ3) is 2.42. The van der Waals surface area contributed by atoms with Crippen LogP contribution < -0.4 is 5.73 Å². The molecule has 0 aliphatic carbocycles. The third-order valence-electron chi connectivity index (χ3n) is 3.41. The van der Waals surface area contributed by atoms with Crippen LogP contribution in [0.15, 0.2) is 18.2 Å². The molecular formula is C13H19FN2. The number of benzene rings is 1. The molecule has 2 nitrogen and oxygen atoms in total. The molecule has 1 unspecified atom stereocenters. The van der Waals surface area contributed by atoms with Crippen LogP contribution in [0.2, 0.25) is 0 Å². The molecule has 1 aromatic carbocycles. The van der Waals surface area contributed by atoms with Gasteiger partial charge in [-0.1, -0.05) is 12.1 Å². The van der Waals surface area contributed by atoms with Crippen LogP contribution in [-0.2, 0) is 13.1 Å². The monoisotopic (exact) mass is 222 g/mol. The highest BCUT2D eigenvalue weighted by molar-refractivity contribution is 5.25. The maximum Gasteiger partial charge on any atom is 0.127 e. The van der Waals surface area contributed by atoms with Gasteiger partial charge in [0.1, 0.15) is 5.82 Å². The van der Waals surface area contributed by atoms with Crippen molar-refractivity contribution < 1.29 is 4.39 Å². The SMILES string of the molecule is CC1CCCN1Cc1ccc(F)c(CN)c1. The number of likely N-dealkylation sites (tertiary alicyclic amines) is 1. The number of nitrogens with two attached hydrogens (primary N) is 1. The van der Waals surface area contributed by atoms with Gasteiger partial charge in [0.2, 0.25) is 0 Å². The van der Waals surface area contributed by atoms with Gasteiger partial charge in [-0.25, -0.2) is 4.39 Å².